The molecular formula is C17H20N4O. The van der Waals surface area contributed by atoms with Crippen molar-refractivity contribution in [2.45, 2.75) is 39.2 Å². The summed E-state index contributed by atoms with van der Waals surface area (Å²) < 4.78 is 0. The number of rotatable bonds is 4. The third-order valence-corrected chi connectivity index (χ3v) is 3.85. The monoisotopic (exact) mass is 296 g/mol. The van der Waals surface area contributed by atoms with Gasteiger partial charge in [0.1, 0.15) is 0 Å². The molecule has 0 saturated heterocycles. The molecule has 0 radical (unpaired) electrons. The summed E-state index contributed by atoms with van der Waals surface area (Å²) in [6.45, 7) is 4.15. The molecule has 0 fully saturated rings. The molecule has 1 aliphatic rings. The van der Waals surface area contributed by atoms with E-state index < -0.39 is 0 Å². The summed E-state index contributed by atoms with van der Waals surface area (Å²) in [7, 11) is 0. The number of amides is 1. The maximum Gasteiger partial charge on any atom is 0.225 e. The molecule has 22 heavy (non-hydrogen) atoms. The average Bonchev–Trinajstić information content (AvgIpc) is 2.84. The van der Waals surface area contributed by atoms with E-state index in [2.05, 4.69) is 45.5 Å². The number of anilines is 3. The summed E-state index contributed by atoms with van der Waals surface area (Å²) in [4.78, 5) is 13.8. The fourth-order valence-corrected chi connectivity index (χ4v) is 2.87. The Balaban J connectivity index is 1.80. The van der Waals surface area contributed by atoms with E-state index in [0.717, 1.165) is 18.7 Å². The summed E-state index contributed by atoms with van der Waals surface area (Å²) >= 11 is 0. The van der Waals surface area contributed by atoms with E-state index in [4.69, 9.17) is 0 Å². The number of nitrogens with zero attached hydrogens (tertiary/aromatic N) is 3. The molecule has 0 bridgehead atoms. The SMILES string of the molecule is CCCC(=O)Nc1ccc(N2c3ccccc3CC2C)nn1. The molecular weight excluding hydrogens is 276 g/mol. The van der Waals surface area contributed by atoms with Gasteiger partial charge in [-0.25, -0.2) is 0 Å². The number of nitrogens with one attached hydrogen (secondary N) is 1. The first-order chi connectivity index (χ1) is 10.7. The van der Waals surface area contributed by atoms with Crippen molar-refractivity contribution >= 4 is 23.2 Å². The lowest BCUT2D eigenvalue weighted by atomic mass is 10.1. The Hall–Kier alpha value is -2.43. The zero-order valence-corrected chi connectivity index (χ0v) is 12.9. The van der Waals surface area contributed by atoms with E-state index in [1.54, 1.807) is 0 Å². The first-order valence-electron chi connectivity index (χ1n) is 7.69. The van der Waals surface area contributed by atoms with E-state index in [0.29, 0.717) is 18.3 Å². The van der Waals surface area contributed by atoms with Crippen LogP contribution in [0.15, 0.2) is 36.4 Å². The van der Waals surface area contributed by atoms with Crippen molar-refractivity contribution < 1.29 is 4.79 Å². The van der Waals surface area contributed by atoms with Gasteiger partial charge in [-0.2, -0.15) is 0 Å². The zero-order chi connectivity index (χ0) is 15.5. The van der Waals surface area contributed by atoms with E-state index in [1.807, 2.05) is 25.1 Å². The van der Waals surface area contributed by atoms with Gasteiger partial charge in [0.05, 0.1) is 0 Å². The Morgan fingerprint density at radius 2 is 2.09 bits per heavy atom. The minimum atomic E-state index is -0.0237. The first-order valence-corrected chi connectivity index (χ1v) is 7.69. The number of carbonyl (C=O) groups excluding carboxylic acids is 1. The van der Waals surface area contributed by atoms with Gasteiger partial charge in [-0.05, 0) is 43.5 Å². The van der Waals surface area contributed by atoms with E-state index in [9.17, 15) is 4.79 Å². The van der Waals surface area contributed by atoms with Gasteiger partial charge in [0.2, 0.25) is 5.91 Å². The highest BCUT2D eigenvalue weighted by Crippen LogP contribution is 2.36. The van der Waals surface area contributed by atoms with Crippen LogP contribution in [0.1, 0.15) is 32.3 Å². The average molecular weight is 296 g/mol. The second kappa shape index (κ2) is 6.13. The maximum atomic E-state index is 11.6. The normalized spacial score (nSPS) is 16.5. The largest absolute Gasteiger partial charge is 0.321 e. The minimum Gasteiger partial charge on any atom is -0.321 e. The van der Waals surface area contributed by atoms with Gasteiger partial charge in [0.15, 0.2) is 11.6 Å². The molecule has 5 heteroatoms. The molecule has 1 N–H and O–H groups in total. The number of fused-ring (bicyclic) bond motifs is 1. The van der Waals surface area contributed by atoms with E-state index >= 15 is 0 Å². The number of hydrogen-bond acceptors (Lipinski definition) is 4. The Morgan fingerprint density at radius 1 is 1.27 bits per heavy atom. The van der Waals surface area contributed by atoms with E-state index in [-0.39, 0.29) is 5.91 Å². The number of benzene rings is 1. The van der Waals surface area contributed by atoms with Crippen molar-refractivity contribution in [3.05, 3.63) is 42.0 Å². The molecule has 3 rings (SSSR count). The van der Waals surface area contributed by atoms with Crippen LogP contribution < -0.4 is 10.2 Å². The molecule has 1 atom stereocenters. The van der Waals surface area contributed by atoms with Crippen LogP contribution in [0.3, 0.4) is 0 Å². The molecule has 2 heterocycles. The lowest BCUT2D eigenvalue weighted by Gasteiger charge is -2.23. The molecule has 1 unspecified atom stereocenters. The maximum absolute atomic E-state index is 11.6. The van der Waals surface area contributed by atoms with Gasteiger partial charge >= 0.3 is 0 Å². The van der Waals surface area contributed by atoms with Crippen LogP contribution in [0.2, 0.25) is 0 Å². The number of aromatic nitrogens is 2. The van der Waals surface area contributed by atoms with Crippen LogP contribution in [0, 0.1) is 0 Å². The van der Waals surface area contributed by atoms with Gasteiger partial charge in [-0.3, -0.25) is 4.79 Å². The second-order valence-corrected chi connectivity index (χ2v) is 5.63. The molecule has 1 aromatic heterocycles. The molecule has 0 aliphatic carbocycles. The topological polar surface area (TPSA) is 58.1 Å². The van der Waals surface area contributed by atoms with Crippen molar-refractivity contribution in [2.75, 3.05) is 10.2 Å². The third-order valence-electron chi connectivity index (χ3n) is 3.85. The molecule has 1 amide bonds. The number of hydrogen-bond donors (Lipinski definition) is 1. The standard InChI is InChI=1S/C17H20N4O/c1-3-6-17(22)18-15-9-10-16(20-19-15)21-12(2)11-13-7-4-5-8-14(13)21/h4-5,7-10,12H,3,6,11H2,1-2H3,(H,18,19,22). The van der Waals surface area contributed by atoms with Crippen molar-refractivity contribution in [1.29, 1.82) is 0 Å². The van der Waals surface area contributed by atoms with Gasteiger partial charge < -0.3 is 10.2 Å². The van der Waals surface area contributed by atoms with Crippen molar-refractivity contribution in [3.8, 4) is 0 Å². The Kier molecular flexibility index (Phi) is 4.04. The quantitative estimate of drug-likeness (QED) is 0.940. The minimum absolute atomic E-state index is 0.0237. The van der Waals surface area contributed by atoms with E-state index in [1.165, 1.54) is 11.3 Å². The molecule has 0 spiro atoms. The highest BCUT2D eigenvalue weighted by molar-refractivity contribution is 5.89. The Labute approximate surface area is 130 Å². The fourth-order valence-electron chi connectivity index (χ4n) is 2.87. The van der Waals surface area contributed by atoms with Gasteiger partial charge in [-0.1, -0.05) is 25.1 Å². The van der Waals surface area contributed by atoms with Gasteiger partial charge in [0.25, 0.3) is 0 Å². The predicted molar refractivity (Wildman–Crippen MR) is 87.3 cm³/mol. The molecule has 1 aliphatic heterocycles. The predicted octanol–water partition coefficient (Wildman–Crippen LogP) is 3.30. The fraction of sp³-hybridized carbons (Fsp3) is 0.353. The highest BCUT2D eigenvalue weighted by Gasteiger charge is 2.27. The molecule has 5 nitrogen and oxygen atoms in total. The smallest absolute Gasteiger partial charge is 0.225 e. The van der Waals surface area contributed by atoms with Crippen molar-refractivity contribution in [2.24, 2.45) is 0 Å². The molecule has 114 valence electrons. The summed E-state index contributed by atoms with van der Waals surface area (Å²) in [5, 5.41) is 11.2. The number of carbonyl (C=O) groups is 1. The second-order valence-electron chi connectivity index (χ2n) is 5.63. The molecule has 1 aromatic carbocycles. The van der Waals surface area contributed by atoms with Crippen LogP contribution in [0.5, 0.6) is 0 Å². The number of para-hydroxylation sites is 1. The van der Waals surface area contributed by atoms with Crippen LogP contribution >= 0.6 is 0 Å². The Morgan fingerprint density at radius 3 is 2.82 bits per heavy atom. The van der Waals surface area contributed by atoms with Gasteiger partial charge in [0, 0.05) is 18.2 Å². The van der Waals surface area contributed by atoms with Crippen molar-refractivity contribution in [3.63, 3.8) is 0 Å². The molecule has 0 saturated carbocycles. The lowest BCUT2D eigenvalue weighted by Crippen LogP contribution is -2.25. The summed E-state index contributed by atoms with van der Waals surface area (Å²) in [6.07, 6.45) is 2.33. The first kappa shape index (κ1) is 14.5. The summed E-state index contributed by atoms with van der Waals surface area (Å²) in [6, 6.07) is 12.4. The highest BCUT2D eigenvalue weighted by atomic mass is 16.1. The Bertz CT molecular complexity index is 669. The van der Waals surface area contributed by atoms with Crippen LogP contribution in [0.25, 0.3) is 0 Å². The van der Waals surface area contributed by atoms with Gasteiger partial charge in [-0.15, -0.1) is 10.2 Å². The third kappa shape index (κ3) is 2.79. The molecule has 2 aromatic rings. The van der Waals surface area contributed by atoms with Crippen molar-refractivity contribution in [1.82, 2.24) is 10.2 Å². The summed E-state index contributed by atoms with van der Waals surface area (Å²) in [5.74, 6) is 1.29. The van der Waals surface area contributed by atoms with Crippen LogP contribution in [0.4, 0.5) is 17.3 Å². The lowest BCUT2D eigenvalue weighted by molar-refractivity contribution is -0.116. The zero-order valence-electron chi connectivity index (χ0n) is 12.9. The van der Waals surface area contributed by atoms with Crippen LogP contribution in [-0.2, 0) is 11.2 Å². The summed E-state index contributed by atoms with van der Waals surface area (Å²) in [5.41, 5.74) is 2.52. The van der Waals surface area contributed by atoms with Crippen LogP contribution in [-0.4, -0.2) is 22.1 Å².